The molecule has 1 aliphatic rings. The van der Waals surface area contributed by atoms with Crippen LogP contribution in [0.15, 0.2) is 59.9 Å². The molecule has 0 bridgehead atoms. The van der Waals surface area contributed by atoms with E-state index in [1.54, 1.807) is 37.3 Å². The number of thiazole rings is 1. The molecule has 182 valence electrons. The first-order chi connectivity index (χ1) is 16.7. The van der Waals surface area contributed by atoms with E-state index >= 15 is 0 Å². The van der Waals surface area contributed by atoms with E-state index in [0.29, 0.717) is 39.9 Å². The average Bonchev–Trinajstić information content (AvgIpc) is 3.28. The van der Waals surface area contributed by atoms with Crippen molar-refractivity contribution in [2.75, 3.05) is 11.5 Å². The summed E-state index contributed by atoms with van der Waals surface area (Å²) in [6.45, 7) is 9.76. The molecule has 4 rings (SSSR count). The Morgan fingerprint density at radius 2 is 1.86 bits per heavy atom. The number of ketones is 1. The van der Waals surface area contributed by atoms with E-state index in [-0.39, 0.29) is 11.7 Å². The number of aliphatic hydroxyl groups excluding tert-OH is 1. The van der Waals surface area contributed by atoms with E-state index in [1.807, 2.05) is 45.9 Å². The smallest absolute Gasteiger partial charge is 0.294 e. The normalized spacial score (nSPS) is 15.8. The van der Waals surface area contributed by atoms with Gasteiger partial charge in [-0.1, -0.05) is 18.2 Å². The lowest BCUT2D eigenvalue weighted by Gasteiger charge is -2.27. The molecule has 0 saturated heterocycles. The average molecular weight is 493 g/mol. The first kappa shape index (κ1) is 24.5. The van der Waals surface area contributed by atoms with Crippen molar-refractivity contribution in [3.8, 4) is 11.5 Å². The third-order valence-corrected chi connectivity index (χ3v) is 6.59. The summed E-state index contributed by atoms with van der Waals surface area (Å²) in [5, 5.41) is 11.8. The minimum absolute atomic E-state index is 0.0188. The number of hydrogen-bond acceptors (Lipinski definition) is 7. The summed E-state index contributed by atoms with van der Waals surface area (Å²) in [6, 6.07) is 13.4. The van der Waals surface area contributed by atoms with Crippen LogP contribution in [0.2, 0.25) is 0 Å². The van der Waals surface area contributed by atoms with E-state index in [1.165, 1.54) is 16.2 Å². The molecule has 1 atom stereocenters. The van der Waals surface area contributed by atoms with Gasteiger partial charge in [-0.3, -0.25) is 14.5 Å². The number of rotatable bonds is 8. The SMILES string of the molecule is CCOc1cccc(N2C(=O)C(O)=C(C(=O)c3sc(C)nc3C)C2c2cccc(OC(C)C)c2)c1. The molecule has 0 spiro atoms. The first-order valence-electron chi connectivity index (χ1n) is 11.5. The number of amides is 1. The molecule has 35 heavy (non-hydrogen) atoms. The molecular weight excluding hydrogens is 464 g/mol. The van der Waals surface area contributed by atoms with Gasteiger partial charge in [-0.25, -0.2) is 4.98 Å². The van der Waals surface area contributed by atoms with Gasteiger partial charge < -0.3 is 14.6 Å². The van der Waals surface area contributed by atoms with Crippen molar-refractivity contribution in [3.63, 3.8) is 0 Å². The van der Waals surface area contributed by atoms with Crippen molar-refractivity contribution in [1.82, 2.24) is 4.98 Å². The number of carbonyl (C=O) groups is 2. The van der Waals surface area contributed by atoms with Gasteiger partial charge in [-0.2, -0.15) is 0 Å². The highest BCUT2D eigenvalue weighted by atomic mass is 32.1. The van der Waals surface area contributed by atoms with Crippen LogP contribution in [0.4, 0.5) is 5.69 Å². The molecule has 7 nitrogen and oxygen atoms in total. The van der Waals surface area contributed by atoms with Crippen molar-refractivity contribution in [3.05, 3.63) is 81.0 Å². The summed E-state index contributed by atoms with van der Waals surface area (Å²) in [5.74, 6) is -0.441. The van der Waals surface area contributed by atoms with E-state index in [2.05, 4.69) is 4.98 Å². The number of aromatic nitrogens is 1. The van der Waals surface area contributed by atoms with Gasteiger partial charge in [0.1, 0.15) is 11.5 Å². The number of benzene rings is 2. The summed E-state index contributed by atoms with van der Waals surface area (Å²) < 4.78 is 11.5. The maximum atomic E-state index is 13.7. The number of hydrogen-bond donors (Lipinski definition) is 1. The Balaban J connectivity index is 1.88. The number of aliphatic hydroxyl groups is 1. The third kappa shape index (κ3) is 4.79. The quantitative estimate of drug-likeness (QED) is 0.404. The predicted molar refractivity (Wildman–Crippen MR) is 136 cm³/mol. The zero-order valence-corrected chi connectivity index (χ0v) is 21.2. The Morgan fingerprint density at radius 3 is 2.51 bits per heavy atom. The van der Waals surface area contributed by atoms with E-state index in [4.69, 9.17) is 9.47 Å². The van der Waals surface area contributed by atoms with Crippen LogP contribution < -0.4 is 14.4 Å². The lowest BCUT2D eigenvalue weighted by atomic mass is 9.94. The first-order valence-corrected chi connectivity index (χ1v) is 12.3. The molecule has 2 heterocycles. The number of nitrogens with zero attached hydrogens (tertiary/aromatic N) is 2. The fourth-order valence-corrected chi connectivity index (χ4v) is 5.08. The summed E-state index contributed by atoms with van der Waals surface area (Å²) in [4.78, 5) is 33.4. The molecule has 1 aliphatic heterocycles. The van der Waals surface area contributed by atoms with E-state index in [9.17, 15) is 14.7 Å². The van der Waals surface area contributed by atoms with E-state index < -0.39 is 23.5 Å². The molecule has 1 amide bonds. The highest BCUT2D eigenvalue weighted by Crippen LogP contribution is 2.44. The van der Waals surface area contributed by atoms with Crippen LogP contribution in [0.1, 0.15) is 52.7 Å². The number of ether oxygens (including phenoxy) is 2. The third-order valence-electron chi connectivity index (χ3n) is 5.51. The van der Waals surface area contributed by atoms with Gasteiger partial charge in [0.05, 0.1) is 39.9 Å². The fraction of sp³-hybridized carbons (Fsp3) is 0.296. The largest absolute Gasteiger partial charge is 0.503 e. The molecule has 0 aliphatic carbocycles. The van der Waals surface area contributed by atoms with Crippen LogP contribution in [0.3, 0.4) is 0 Å². The zero-order chi connectivity index (χ0) is 25.3. The van der Waals surface area contributed by atoms with Gasteiger partial charge >= 0.3 is 0 Å². The second-order valence-electron chi connectivity index (χ2n) is 8.49. The summed E-state index contributed by atoms with van der Waals surface area (Å²) in [6.07, 6.45) is -0.0534. The molecule has 2 aromatic carbocycles. The zero-order valence-electron chi connectivity index (χ0n) is 20.4. The lowest BCUT2D eigenvalue weighted by molar-refractivity contribution is -0.117. The Bertz CT molecular complexity index is 1310. The molecule has 8 heteroatoms. The van der Waals surface area contributed by atoms with Crippen LogP contribution in [-0.4, -0.2) is 34.5 Å². The Kier molecular flexibility index (Phi) is 6.93. The molecule has 0 fully saturated rings. The van der Waals surface area contributed by atoms with Crippen LogP contribution in [0.25, 0.3) is 0 Å². The van der Waals surface area contributed by atoms with Crippen molar-refractivity contribution < 1.29 is 24.2 Å². The number of Topliss-reactive ketones (excluding diaryl/α,β-unsaturated/α-hetero) is 1. The number of aryl methyl sites for hydroxylation is 2. The molecule has 1 N–H and O–H groups in total. The second-order valence-corrected chi connectivity index (χ2v) is 9.69. The molecule has 1 aromatic heterocycles. The summed E-state index contributed by atoms with van der Waals surface area (Å²) in [5.41, 5.74) is 1.74. The molecule has 0 saturated carbocycles. The van der Waals surface area contributed by atoms with Crippen LogP contribution >= 0.6 is 11.3 Å². The topological polar surface area (TPSA) is 89.0 Å². The summed E-state index contributed by atoms with van der Waals surface area (Å²) >= 11 is 1.25. The monoisotopic (exact) mass is 492 g/mol. The Morgan fingerprint density at radius 1 is 1.14 bits per heavy atom. The van der Waals surface area contributed by atoms with Crippen molar-refractivity contribution in [1.29, 1.82) is 0 Å². The standard InChI is InChI=1S/C27H28N2O5S/c1-6-33-20-11-8-10-19(14-20)29-23(18-9-7-12-21(13-18)34-15(2)3)22(25(31)27(29)32)24(30)26-16(4)28-17(5)35-26/h7-15,23,31H,6H2,1-5H3. The fourth-order valence-electron chi connectivity index (χ4n) is 4.20. The summed E-state index contributed by atoms with van der Waals surface area (Å²) in [7, 11) is 0. The minimum Gasteiger partial charge on any atom is -0.503 e. The van der Waals surface area contributed by atoms with Gasteiger partial charge in [0.25, 0.3) is 5.91 Å². The second kappa shape index (κ2) is 9.92. The van der Waals surface area contributed by atoms with Gasteiger partial charge in [-0.15, -0.1) is 11.3 Å². The van der Waals surface area contributed by atoms with Gasteiger partial charge in [-0.05, 0) is 64.4 Å². The number of carbonyl (C=O) groups excluding carboxylic acids is 2. The predicted octanol–water partition coefficient (Wildman–Crippen LogP) is 5.73. The molecule has 3 aromatic rings. The highest BCUT2D eigenvalue weighted by molar-refractivity contribution is 7.14. The van der Waals surface area contributed by atoms with Gasteiger partial charge in [0.2, 0.25) is 5.78 Å². The maximum absolute atomic E-state index is 13.7. The van der Waals surface area contributed by atoms with Gasteiger partial charge in [0.15, 0.2) is 5.76 Å². The molecule has 1 unspecified atom stereocenters. The van der Waals surface area contributed by atoms with Crippen molar-refractivity contribution in [2.24, 2.45) is 0 Å². The van der Waals surface area contributed by atoms with Crippen LogP contribution in [0, 0.1) is 13.8 Å². The lowest BCUT2D eigenvalue weighted by Crippen LogP contribution is -2.31. The van der Waals surface area contributed by atoms with Crippen LogP contribution in [0.5, 0.6) is 11.5 Å². The van der Waals surface area contributed by atoms with Crippen molar-refractivity contribution in [2.45, 2.75) is 46.8 Å². The van der Waals surface area contributed by atoms with Gasteiger partial charge in [0, 0.05) is 11.8 Å². The van der Waals surface area contributed by atoms with Crippen LogP contribution in [-0.2, 0) is 4.79 Å². The maximum Gasteiger partial charge on any atom is 0.294 e. The Hall–Kier alpha value is -3.65. The Labute approximate surface area is 208 Å². The molecule has 0 radical (unpaired) electrons. The van der Waals surface area contributed by atoms with Crippen molar-refractivity contribution >= 4 is 28.7 Å². The highest BCUT2D eigenvalue weighted by Gasteiger charge is 2.45. The minimum atomic E-state index is -0.857. The van der Waals surface area contributed by atoms with E-state index in [0.717, 1.165) is 5.01 Å². The molecular formula is C27H28N2O5S. The number of anilines is 1.